The van der Waals surface area contributed by atoms with Gasteiger partial charge in [0, 0.05) is 11.9 Å². The zero-order valence-electron chi connectivity index (χ0n) is 18.5. The van der Waals surface area contributed by atoms with Gasteiger partial charge >= 0.3 is 0 Å². The van der Waals surface area contributed by atoms with Crippen LogP contribution in [0.1, 0.15) is 68.1 Å². The highest BCUT2D eigenvalue weighted by atomic mass is 32.1. The van der Waals surface area contributed by atoms with Crippen molar-refractivity contribution in [2.24, 2.45) is 0 Å². The number of nitrogens with one attached hydrogen (secondary N) is 2. The summed E-state index contributed by atoms with van der Waals surface area (Å²) in [5, 5.41) is 8.80. The standard InChI is InChI=1S/C24H33N3O3S/c1-3-4-14-25-23(29)24(12-6-5-7-13-24)27-21(28)15-19-17-31-22(26-19)16-30-20-10-8-18(2)9-11-20/h8-11,17H,3-7,12-16H2,1-2H3,(H,25,29)(H,27,28). The molecule has 1 heterocycles. The number of amides is 2. The number of aryl methyl sites for hydroxylation is 1. The van der Waals surface area contributed by atoms with E-state index >= 15 is 0 Å². The Labute approximate surface area is 188 Å². The lowest BCUT2D eigenvalue weighted by atomic mass is 9.80. The van der Waals surface area contributed by atoms with Crippen LogP contribution in [0.5, 0.6) is 5.75 Å². The van der Waals surface area contributed by atoms with E-state index in [1.54, 1.807) is 0 Å². The van der Waals surface area contributed by atoms with Gasteiger partial charge in [-0.3, -0.25) is 9.59 Å². The highest BCUT2D eigenvalue weighted by molar-refractivity contribution is 7.09. The van der Waals surface area contributed by atoms with E-state index in [-0.39, 0.29) is 18.2 Å². The topological polar surface area (TPSA) is 80.3 Å². The van der Waals surface area contributed by atoms with Gasteiger partial charge < -0.3 is 15.4 Å². The maximum Gasteiger partial charge on any atom is 0.245 e. The molecule has 0 unspecified atom stereocenters. The molecule has 2 aromatic rings. The van der Waals surface area contributed by atoms with Crippen LogP contribution in [0.25, 0.3) is 0 Å². The SMILES string of the molecule is CCCCNC(=O)C1(NC(=O)Cc2csc(COc3ccc(C)cc3)n2)CCCCC1. The third kappa shape index (κ3) is 6.79. The molecule has 3 rings (SSSR count). The Balaban J connectivity index is 1.54. The second-order valence-electron chi connectivity index (χ2n) is 8.31. The third-order valence-electron chi connectivity index (χ3n) is 5.66. The fourth-order valence-corrected chi connectivity index (χ4v) is 4.57. The molecule has 0 saturated heterocycles. The molecule has 1 fully saturated rings. The Hall–Kier alpha value is -2.41. The van der Waals surface area contributed by atoms with Crippen molar-refractivity contribution < 1.29 is 14.3 Å². The second-order valence-corrected chi connectivity index (χ2v) is 9.25. The summed E-state index contributed by atoms with van der Waals surface area (Å²) in [5.74, 6) is 0.608. The van der Waals surface area contributed by atoms with Gasteiger partial charge in [0.25, 0.3) is 0 Å². The molecular formula is C24H33N3O3S. The lowest BCUT2D eigenvalue weighted by molar-refractivity contribution is -0.134. The van der Waals surface area contributed by atoms with Crippen LogP contribution in [0.15, 0.2) is 29.6 Å². The molecule has 7 heteroatoms. The van der Waals surface area contributed by atoms with E-state index < -0.39 is 5.54 Å². The largest absolute Gasteiger partial charge is 0.486 e. The summed E-state index contributed by atoms with van der Waals surface area (Å²) in [4.78, 5) is 30.2. The molecule has 1 saturated carbocycles. The molecule has 0 atom stereocenters. The van der Waals surface area contributed by atoms with Crippen LogP contribution in [0.2, 0.25) is 0 Å². The summed E-state index contributed by atoms with van der Waals surface area (Å²) in [6.45, 7) is 5.16. The number of nitrogens with zero attached hydrogens (tertiary/aromatic N) is 1. The number of hydrogen-bond acceptors (Lipinski definition) is 5. The average molecular weight is 444 g/mol. The Bertz CT molecular complexity index is 857. The molecular weight excluding hydrogens is 410 g/mol. The Morgan fingerprint density at radius 2 is 1.90 bits per heavy atom. The second kappa shape index (κ2) is 11.3. The Morgan fingerprint density at radius 1 is 1.16 bits per heavy atom. The van der Waals surface area contributed by atoms with Crippen molar-refractivity contribution in [1.29, 1.82) is 0 Å². The number of ether oxygens (including phenoxy) is 1. The summed E-state index contributed by atoms with van der Waals surface area (Å²) in [5.41, 5.74) is 1.11. The van der Waals surface area contributed by atoms with Crippen LogP contribution >= 0.6 is 11.3 Å². The third-order valence-corrected chi connectivity index (χ3v) is 6.53. The van der Waals surface area contributed by atoms with Gasteiger partial charge in [-0.25, -0.2) is 4.98 Å². The van der Waals surface area contributed by atoms with Crippen molar-refractivity contribution in [3.8, 4) is 5.75 Å². The predicted molar refractivity (Wildman–Crippen MR) is 123 cm³/mol. The number of carbonyl (C=O) groups is 2. The zero-order valence-corrected chi connectivity index (χ0v) is 19.4. The number of aromatic nitrogens is 1. The summed E-state index contributed by atoms with van der Waals surface area (Å²) in [6.07, 6.45) is 6.56. The first-order chi connectivity index (χ1) is 15.0. The minimum atomic E-state index is -0.781. The number of unbranched alkanes of at least 4 members (excludes halogenated alkanes) is 1. The fraction of sp³-hybridized carbons (Fsp3) is 0.542. The molecule has 1 aliphatic rings. The highest BCUT2D eigenvalue weighted by Gasteiger charge is 2.40. The molecule has 168 valence electrons. The van der Waals surface area contributed by atoms with E-state index in [0.29, 0.717) is 31.7 Å². The molecule has 2 amide bonds. The highest BCUT2D eigenvalue weighted by Crippen LogP contribution is 2.29. The van der Waals surface area contributed by atoms with Crippen LogP contribution in [0.3, 0.4) is 0 Å². The van der Waals surface area contributed by atoms with Gasteiger partial charge in [-0.15, -0.1) is 11.3 Å². The maximum absolute atomic E-state index is 12.9. The molecule has 1 aromatic heterocycles. The van der Waals surface area contributed by atoms with Gasteiger partial charge in [0.05, 0.1) is 12.1 Å². The van der Waals surface area contributed by atoms with Crippen molar-refractivity contribution >= 4 is 23.2 Å². The fourth-order valence-electron chi connectivity index (χ4n) is 3.86. The van der Waals surface area contributed by atoms with Crippen LogP contribution < -0.4 is 15.4 Å². The van der Waals surface area contributed by atoms with Gasteiger partial charge in [-0.2, -0.15) is 0 Å². The van der Waals surface area contributed by atoms with E-state index in [4.69, 9.17) is 4.74 Å². The molecule has 0 radical (unpaired) electrons. The van der Waals surface area contributed by atoms with Crippen molar-refractivity contribution in [2.45, 2.75) is 77.4 Å². The average Bonchev–Trinajstić information content (AvgIpc) is 3.21. The minimum Gasteiger partial charge on any atom is -0.486 e. The molecule has 6 nitrogen and oxygen atoms in total. The first-order valence-corrected chi connectivity index (χ1v) is 12.1. The molecule has 2 N–H and O–H groups in total. The van der Waals surface area contributed by atoms with Crippen LogP contribution in [0.4, 0.5) is 0 Å². The van der Waals surface area contributed by atoms with Gasteiger partial charge in [0.1, 0.15) is 22.9 Å². The van der Waals surface area contributed by atoms with Gasteiger partial charge in [-0.05, 0) is 38.3 Å². The Morgan fingerprint density at radius 3 is 2.61 bits per heavy atom. The molecule has 0 aliphatic heterocycles. The van der Waals surface area contributed by atoms with Crippen LogP contribution in [-0.4, -0.2) is 28.9 Å². The quantitative estimate of drug-likeness (QED) is 0.536. The van der Waals surface area contributed by atoms with Crippen molar-refractivity contribution in [3.05, 3.63) is 45.9 Å². The number of carbonyl (C=O) groups excluding carboxylic acids is 2. The monoisotopic (exact) mass is 443 g/mol. The van der Waals surface area contributed by atoms with Crippen LogP contribution in [0, 0.1) is 6.92 Å². The van der Waals surface area contributed by atoms with E-state index in [9.17, 15) is 9.59 Å². The van der Waals surface area contributed by atoms with Crippen molar-refractivity contribution in [1.82, 2.24) is 15.6 Å². The lowest BCUT2D eigenvalue weighted by Crippen LogP contribution is -2.60. The predicted octanol–water partition coefficient (Wildman–Crippen LogP) is 4.31. The smallest absolute Gasteiger partial charge is 0.245 e. The molecule has 31 heavy (non-hydrogen) atoms. The lowest BCUT2D eigenvalue weighted by Gasteiger charge is -2.36. The molecule has 0 spiro atoms. The minimum absolute atomic E-state index is 0.0422. The number of hydrogen-bond donors (Lipinski definition) is 2. The molecule has 0 bridgehead atoms. The summed E-state index contributed by atoms with van der Waals surface area (Å²) in [6, 6.07) is 7.89. The number of benzene rings is 1. The Kier molecular flexibility index (Phi) is 8.46. The number of rotatable bonds is 10. The van der Waals surface area contributed by atoms with E-state index in [2.05, 4.69) is 22.5 Å². The van der Waals surface area contributed by atoms with Crippen molar-refractivity contribution in [3.63, 3.8) is 0 Å². The van der Waals surface area contributed by atoms with E-state index in [1.165, 1.54) is 16.9 Å². The summed E-state index contributed by atoms with van der Waals surface area (Å²) < 4.78 is 5.78. The number of thiazole rings is 1. The van der Waals surface area contributed by atoms with Gasteiger partial charge in [-0.1, -0.05) is 50.3 Å². The first-order valence-electron chi connectivity index (χ1n) is 11.2. The normalized spacial score (nSPS) is 15.3. The van der Waals surface area contributed by atoms with Gasteiger partial charge in [0.15, 0.2) is 0 Å². The first kappa shape index (κ1) is 23.3. The van der Waals surface area contributed by atoms with E-state index in [1.807, 2.05) is 36.6 Å². The maximum atomic E-state index is 12.9. The molecule has 1 aliphatic carbocycles. The zero-order chi connectivity index (χ0) is 22.1. The van der Waals surface area contributed by atoms with E-state index in [0.717, 1.165) is 42.9 Å². The summed E-state index contributed by atoms with van der Waals surface area (Å²) in [7, 11) is 0. The van der Waals surface area contributed by atoms with Crippen LogP contribution in [-0.2, 0) is 22.6 Å². The van der Waals surface area contributed by atoms with Gasteiger partial charge in [0.2, 0.25) is 11.8 Å². The van der Waals surface area contributed by atoms with Crippen molar-refractivity contribution in [2.75, 3.05) is 6.54 Å². The summed E-state index contributed by atoms with van der Waals surface area (Å²) >= 11 is 1.48. The molecule has 1 aromatic carbocycles.